The maximum Gasteiger partial charge on any atom is 0.0649 e. The molecule has 2 aliphatic heterocycles. The van der Waals surface area contributed by atoms with E-state index in [1.807, 2.05) is 0 Å². The average molecular weight is 113 g/mol. The van der Waals surface area contributed by atoms with Gasteiger partial charge in [-0.1, -0.05) is 0 Å². The zero-order chi connectivity index (χ0) is 5.40. The van der Waals surface area contributed by atoms with Crippen molar-refractivity contribution in [1.29, 1.82) is 0 Å². The molecule has 2 aliphatic rings. The summed E-state index contributed by atoms with van der Waals surface area (Å²) in [5.74, 6) is 0.851. The van der Waals surface area contributed by atoms with E-state index in [-0.39, 0.29) is 0 Å². The zero-order valence-electron chi connectivity index (χ0n) is 4.89. The summed E-state index contributed by atoms with van der Waals surface area (Å²) in [5, 5.41) is 3.34. The van der Waals surface area contributed by atoms with Gasteiger partial charge in [-0.2, -0.15) is 0 Å². The Bertz CT molecular complexity index is 82.5. The molecule has 2 heterocycles. The Morgan fingerprint density at radius 1 is 1.50 bits per heavy atom. The van der Waals surface area contributed by atoms with Gasteiger partial charge >= 0.3 is 0 Å². The molecule has 2 fully saturated rings. The number of ether oxygens (including phenoxy) is 1. The van der Waals surface area contributed by atoms with E-state index in [1.165, 1.54) is 13.0 Å². The summed E-state index contributed by atoms with van der Waals surface area (Å²) in [6.45, 7) is 3.34. The monoisotopic (exact) mass is 113 g/mol. The molecule has 0 saturated carbocycles. The number of nitrogens with one attached hydrogen (secondary N) is 1. The molecule has 2 atom stereocenters. The fourth-order valence-corrected chi connectivity index (χ4v) is 1.41. The lowest BCUT2D eigenvalue weighted by molar-refractivity contribution is -0.126. The molecule has 2 rings (SSSR count). The maximum absolute atomic E-state index is 5.29. The lowest BCUT2D eigenvalue weighted by atomic mass is 9.92. The van der Waals surface area contributed by atoms with Gasteiger partial charge in [0.15, 0.2) is 0 Å². The van der Waals surface area contributed by atoms with E-state index in [2.05, 4.69) is 5.32 Å². The molecular weight excluding hydrogens is 102 g/mol. The third-order valence-electron chi connectivity index (χ3n) is 2.06. The summed E-state index contributed by atoms with van der Waals surface area (Å²) >= 11 is 0. The molecule has 0 aromatic heterocycles. The first kappa shape index (κ1) is 4.77. The van der Waals surface area contributed by atoms with Crippen LogP contribution >= 0.6 is 0 Å². The normalized spacial score (nSPS) is 45.0. The molecule has 8 heavy (non-hydrogen) atoms. The molecule has 0 radical (unpaired) electrons. The number of hydrogen-bond donors (Lipinski definition) is 1. The van der Waals surface area contributed by atoms with Crippen molar-refractivity contribution in [1.82, 2.24) is 5.32 Å². The standard InChI is InChI=1S/C6H11NO/c1-2-7-3-5-4-8-6(1)5/h5-7H,1-4H2/t5-,6-/m1/s1. The minimum absolute atomic E-state index is 0.622. The Morgan fingerprint density at radius 3 is 2.88 bits per heavy atom. The van der Waals surface area contributed by atoms with Crippen molar-refractivity contribution in [3.8, 4) is 0 Å². The molecule has 0 aromatic carbocycles. The van der Waals surface area contributed by atoms with Gasteiger partial charge in [0.25, 0.3) is 0 Å². The predicted molar refractivity (Wildman–Crippen MR) is 30.7 cm³/mol. The fraction of sp³-hybridized carbons (Fsp3) is 1.00. The Hall–Kier alpha value is -0.0800. The summed E-state index contributed by atoms with van der Waals surface area (Å²) < 4.78 is 5.29. The quantitative estimate of drug-likeness (QED) is 0.477. The van der Waals surface area contributed by atoms with Gasteiger partial charge in [-0.3, -0.25) is 0 Å². The minimum Gasteiger partial charge on any atom is -0.377 e. The molecule has 0 spiro atoms. The highest BCUT2D eigenvalue weighted by atomic mass is 16.5. The number of fused-ring (bicyclic) bond motifs is 1. The SMILES string of the molecule is C1C[C@H]2OC[C@H]2CN1. The van der Waals surface area contributed by atoms with E-state index in [0.29, 0.717) is 6.10 Å². The highest BCUT2D eigenvalue weighted by Crippen LogP contribution is 2.24. The lowest BCUT2D eigenvalue weighted by Gasteiger charge is -2.40. The van der Waals surface area contributed by atoms with Gasteiger partial charge in [0.1, 0.15) is 0 Å². The van der Waals surface area contributed by atoms with Crippen LogP contribution in [0.25, 0.3) is 0 Å². The summed E-state index contributed by atoms with van der Waals surface area (Å²) in [6.07, 6.45) is 1.85. The summed E-state index contributed by atoms with van der Waals surface area (Å²) in [5.41, 5.74) is 0. The first-order chi connectivity index (χ1) is 3.97. The van der Waals surface area contributed by atoms with Crippen molar-refractivity contribution in [3.05, 3.63) is 0 Å². The zero-order valence-corrected chi connectivity index (χ0v) is 4.89. The van der Waals surface area contributed by atoms with Crippen molar-refractivity contribution in [2.24, 2.45) is 5.92 Å². The van der Waals surface area contributed by atoms with Crippen molar-refractivity contribution >= 4 is 0 Å². The molecule has 2 heteroatoms. The first-order valence-electron chi connectivity index (χ1n) is 3.29. The molecule has 0 bridgehead atoms. The van der Waals surface area contributed by atoms with Crippen molar-refractivity contribution < 1.29 is 4.74 Å². The molecule has 46 valence electrons. The fourth-order valence-electron chi connectivity index (χ4n) is 1.41. The topological polar surface area (TPSA) is 21.3 Å². The Balaban J connectivity index is 1.92. The van der Waals surface area contributed by atoms with Crippen molar-refractivity contribution in [3.63, 3.8) is 0 Å². The molecule has 2 saturated heterocycles. The van der Waals surface area contributed by atoms with E-state index in [1.54, 1.807) is 0 Å². The predicted octanol–water partition coefficient (Wildman–Crippen LogP) is -0.00530. The van der Waals surface area contributed by atoms with E-state index in [0.717, 1.165) is 19.1 Å². The second kappa shape index (κ2) is 1.71. The largest absolute Gasteiger partial charge is 0.377 e. The summed E-state index contributed by atoms with van der Waals surface area (Å²) in [4.78, 5) is 0. The van der Waals surface area contributed by atoms with Gasteiger partial charge in [0.05, 0.1) is 12.7 Å². The van der Waals surface area contributed by atoms with E-state index in [9.17, 15) is 0 Å². The van der Waals surface area contributed by atoms with E-state index >= 15 is 0 Å². The molecule has 0 aliphatic carbocycles. The lowest BCUT2D eigenvalue weighted by Crippen LogP contribution is -2.51. The van der Waals surface area contributed by atoms with Crippen molar-refractivity contribution in [2.75, 3.05) is 19.7 Å². The van der Waals surface area contributed by atoms with Gasteiger partial charge in [-0.05, 0) is 13.0 Å². The smallest absolute Gasteiger partial charge is 0.0649 e. The maximum atomic E-state index is 5.29. The van der Waals surface area contributed by atoms with Crippen LogP contribution in [0.4, 0.5) is 0 Å². The first-order valence-corrected chi connectivity index (χ1v) is 3.29. The van der Waals surface area contributed by atoms with Crippen LogP contribution in [0.5, 0.6) is 0 Å². The van der Waals surface area contributed by atoms with E-state index < -0.39 is 0 Å². The molecule has 0 unspecified atom stereocenters. The number of hydrogen-bond acceptors (Lipinski definition) is 2. The van der Waals surface area contributed by atoms with Gasteiger partial charge in [0.2, 0.25) is 0 Å². The van der Waals surface area contributed by atoms with Gasteiger partial charge in [-0.25, -0.2) is 0 Å². The van der Waals surface area contributed by atoms with Gasteiger partial charge in [-0.15, -0.1) is 0 Å². The van der Waals surface area contributed by atoms with Gasteiger partial charge < -0.3 is 10.1 Å². The third-order valence-corrected chi connectivity index (χ3v) is 2.06. The average Bonchev–Trinajstić information content (AvgIpc) is 1.72. The second-order valence-corrected chi connectivity index (χ2v) is 2.62. The minimum atomic E-state index is 0.622. The Morgan fingerprint density at radius 2 is 2.50 bits per heavy atom. The Kier molecular flexibility index (Phi) is 1.02. The number of rotatable bonds is 0. The highest BCUT2D eigenvalue weighted by Gasteiger charge is 2.33. The number of piperidine rings is 1. The van der Waals surface area contributed by atoms with Crippen LogP contribution in [0.1, 0.15) is 6.42 Å². The van der Waals surface area contributed by atoms with Crippen LogP contribution in [0.2, 0.25) is 0 Å². The van der Waals surface area contributed by atoms with Crippen LogP contribution < -0.4 is 5.32 Å². The second-order valence-electron chi connectivity index (χ2n) is 2.62. The summed E-state index contributed by atoms with van der Waals surface area (Å²) in [6, 6.07) is 0. The highest BCUT2D eigenvalue weighted by molar-refractivity contribution is 4.84. The van der Waals surface area contributed by atoms with Crippen LogP contribution in [-0.2, 0) is 4.74 Å². The molecule has 0 aromatic rings. The Labute approximate surface area is 49.2 Å². The van der Waals surface area contributed by atoms with Crippen LogP contribution in [0, 0.1) is 5.92 Å². The molecule has 0 amide bonds. The van der Waals surface area contributed by atoms with Crippen LogP contribution in [0.3, 0.4) is 0 Å². The van der Waals surface area contributed by atoms with Gasteiger partial charge in [0, 0.05) is 12.5 Å². The summed E-state index contributed by atoms with van der Waals surface area (Å²) in [7, 11) is 0. The molecular formula is C6H11NO. The van der Waals surface area contributed by atoms with Crippen LogP contribution in [-0.4, -0.2) is 25.8 Å². The van der Waals surface area contributed by atoms with Crippen molar-refractivity contribution in [2.45, 2.75) is 12.5 Å². The molecule has 2 nitrogen and oxygen atoms in total. The third kappa shape index (κ3) is 0.565. The van der Waals surface area contributed by atoms with E-state index in [4.69, 9.17) is 4.74 Å². The molecule has 1 N–H and O–H groups in total. The van der Waals surface area contributed by atoms with Crippen LogP contribution in [0.15, 0.2) is 0 Å².